The molecule has 0 radical (unpaired) electrons. The first-order valence-electron chi connectivity index (χ1n) is 6.72. The maximum Gasteiger partial charge on any atom is 0.131 e. The summed E-state index contributed by atoms with van der Waals surface area (Å²) in [6.45, 7) is 8.30. The van der Waals surface area contributed by atoms with Crippen molar-refractivity contribution in [2.75, 3.05) is 20.2 Å². The van der Waals surface area contributed by atoms with Crippen molar-refractivity contribution in [3.05, 3.63) is 29.6 Å². The fraction of sp³-hybridized carbons (Fsp3) is 0.600. The molecule has 0 spiro atoms. The Bertz CT molecular complexity index is 407. The van der Waals surface area contributed by atoms with Crippen LogP contribution in [0.15, 0.2) is 18.2 Å². The molecule has 0 atom stereocenters. The molecule has 0 aliphatic heterocycles. The highest BCUT2D eigenvalue weighted by Crippen LogP contribution is 2.22. The molecule has 0 aliphatic carbocycles. The molecule has 4 heteroatoms. The molecular weight excluding hydrogens is 243 g/mol. The monoisotopic (exact) mass is 268 g/mol. The molecule has 0 aliphatic rings. The van der Waals surface area contributed by atoms with E-state index in [9.17, 15) is 4.39 Å². The largest absolute Gasteiger partial charge is 0.497 e. The van der Waals surface area contributed by atoms with Crippen LogP contribution in [0.1, 0.15) is 32.8 Å². The number of benzene rings is 1. The van der Waals surface area contributed by atoms with E-state index in [1.807, 2.05) is 0 Å². The highest BCUT2D eigenvalue weighted by atomic mass is 19.1. The van der Waals surface area contributed by atoms with E-state index in [0.717, 1.165) is 13.0 Å². The smallest absolute Gasteiger partial charge is 0.131 e. The van der Waals surface area contributed by atoms with Crippen molar-refractivity contribution < 1.29 is 9.13 Å². The molecule has 1 rings (SSSR count). The van der Waals surface area contributed by atoms with E-state index < -0.39 is 0 Å². The third kappa shape index (κ3) is 4.18. The van der Waals surface area contributed by atoms with E-state index in [1.54, 1.807) is 12.1 Å². The first-order chi connectivity index (χ1) is 8.94. The summed E-state index contributed by atoms with van der Waals surface area (Å²) in [5, 5.41) is 0. The Morgan fingerprint density at radius 3 is 2.53 bits per heavy atom. The molecule has 2 N–H and O–H groups in total. The number of hydrogen-bond acceptors (Lipinski definition) is 3. The molecule has 3 nitrogen and oxygen atoms in total. The first-order valence-corrected chi connectivity index (χ1v) is 6.72. The second-order valence-electron chi connectivity index (χ2n) is 5.40. The third-order valence-electron chi connectivity index (χ3n) is 3.47. The van der Waals surface area contributed by atoms with Gasteiger partial charge in [-0.05, 0) is 32.9 Å². The highest BCUT2D eigenvalue weighted by molar-refractivity contribution is 5.29. The molecule has 0 saturated heterocycles. The van der Waals surface area contributed by atoms with Crippen molar-refractivity contribution in [3.63, 3.8) is 0 Å². The number of hydrogen-bond donors (Lipinski definition) is 1. The lowest BCUT2D eigenvalue weighted by Crippen LogP contribution is -2.49. The normalized spacial score (nSPS) is 11.9. The van der Waals surface area contributed by atoms with Gasteiger partial charge < -0.3 is 10.5 Å². The highest BCUT2D eigenvalue weighted by Gasteiger charge is 2.25. The molecular formula is C15H25FN2O. The van der Waals surface area contributed by atoms with Crippen LogP contribution in [0.5, 0.6) is 5.75 Å². The zero-order valence-corrected chi connectivity index (χ0v) is 12.4. The number of halogens is 1. The Morgan fingerprint density at radius 1 is 1.37 bits per heavy atom. The SMILES string of the molecule is CCCN(Cc1ccc(OC)cc1F)C(C)(C)CN. The molecule has 0 amide bonds. The van der Waals surface area contributed by atoms with Gasteiger partial charge in [0.2, 0.25) is 0 Å². The average Bonchev–Trinajstić information content (AvgIpc) is 2.40. The first kappa shape index (κ1) is 15.9. The fourth-order valence-corrected chi connectivity index (χ4v) is 1.98. The van der Waals surface area contributed by atoms with Crippen molar-refractivity contribution in [1.82, 2.24) is 4.90 Å². The number of ether oxygens (including phenoxy) is 1. The number of methoxy groups -OCH3 is 1. The summed E-state index contributed by atoms with van der Waals surface area (Å²) in [6.07, 6.45) is 1.02. The van der Waals surface area contributed by atoms with Crippen molar-refractivity contribution in [2.45, 2.75) is 39.3 Å². The van der Waals surface area contributed by atoms with Gasteiger partial charge in [0.05, 0.1) is 7.11 Å². The zero-order chi connectivity index (χ0) is 14.5. The van der Waals surface area contributed by atoms with Gasteiger partial charge >= 0.3 is 0 Å². The lowest BCUT2D eigenvalue weighted by Gasteiger charge is -2.37. The predicted molar refractivity (Wildman–Crippen MR) is 76.8 cm³/mol. The predicted octanol–water partition coefficient (Wildman–Crippen LogP) is 2.78. The van der Waals surface area contributed by atoms with Gasteiger partial charge in [-0.2, -0.15) is 0 Å². The van der Waals surface area contributed by atoms with Crippen molar-refractivity contribution >= 4 is 0 Å². The molecule has 0 unspecified atom stereocenters. The minimum absolute atomic E-state index is 0.137. The summed E-state index contributed by atoms with van der Waals surface area (Å²) in [6, 6.07) is 5.00. The molecule has 108 valence electrons. The zero-order valence-electron chi connectivity index (χ0n) is 12.4. The van der Waals surface area contributed by atoms with E-state index in [2.05, 4.69) is 25.7 Å². The minimum Gasteiger partial charge on any atom is -0.497 e. The maximum absolute atomic E-state index is 14.0. The molecule has 0 saturated carbocycles. The van der Waals surface area contributed by atoms with E-state index in [-0.39, 0.29) is 11.4 Å². The summed E-state index contributed by atoms with van der Waals surface area (Å²) in [5.74, 6) is 0.314. The number of rotatable bonds is 7. The van der Waals surface area contributed by atoms with Crippen LogP contribution in [-0.4, -0.2) is 30.6 Å². The van der Waals surface area contributed by atoms with Crippen molar-refractivity contribution in [2.24, 2.45) is 5.73 Å². The summed E-state index contributed by atoms with van der Waals surface area (Å²) in [4.78, 5) is 2.22. The molecule has 0 fully saturated rings. The van der Waals surface area contributed by atoms with E-state index >= 15 is 0 Å². The number of nitrogens with two attached hydrogens (primary N) is 1. The Balaban J connectivity index is 2.90. The van der Waals surface area contributed by atoms with E-state index in [1.165, 1.54) is 13.2 Å². The summed E-state index contributed by atoms with van der Waals surface area (Å²) < 4.78 is 19.0. The Labute approximate surface area is 115 Å². The van der Waals surface area contributed by atoms with Crippen LogP contribution in [0.25, 0.3) is 0 Å². The molecule has 1 aromatic carbocycles. The Morgan fingerprint density at radius 2 is 2.05 bits per heavy atom. The Kier molecular flexibility index (Phi) is 5.76. The summed E-state index contributed by atoms with van der Waals surface area (Å²) in [5.41, 5.74) is 6.36. The van der Waals surface area contributed by atoms with Gasteiger partial charge in [-0.25, -0.2) is 4.39 Å². The van der Waals surface area contributed by atoms with Crippen LogP contribution in [-0.2, 0) is 6.54 Å². The quantitative estimate of drug-likeness (QED) is 0.826. The molecule has 0 bridgehead atoms. The minimum atomic E-state index is -0.228. The van der Waals surface area contributed by atoms with E-state index in [0.29, 0.717) is 24.4 Å². The van der Waals surface area contributed by atoms with Gasteiger partial charge in [0.15, 0.2) is 0 Å². The van der Waals surface area contributed by atoms with Gasteiger partial charge in [-0.1, -0.05) is 13.0 Å². The second kappa shape index (κ2) is 6.87. The summed E-state index contributed by atoms with van der Waals surface area (Å²) in [7, 11) is 1.54. The van der Waals surface area contributed by atoms with Crippen LogP contribution in [0.2, 0.25) is 0 Å². The fourth-order valence-electron chi connectivity index (χ4n) is 1.98. The van der Waals surface area contributed by atoms with E-state index in [4.69, 9.17) is 10.5 Å². The standard InChI is InChI=1S/C15H25FN2O/c1-5-8-18(15(2,3)11-17)10-12-6-7-13(19-4)9-14(12)16/h6-7,9H,5,8,10-11,17H2,1-4H3. The lowest BCUT2D eigenvalue weighted by molar-refractivity contribution is 0.116. The molecule has 19 heavy (non-hydrogen) atoms. The maximum atomic E-state index is 14.0. The molecule has 0 heterocycles. The van der Waals surface area contributed by atoms with Gasteiger partial charge in [-0.15, -0.1) is 0 Å². The average molecular weight is 268 g/mol. The summed E-state index contributed by atoms with van der Waals surface area (Å²) >= 11 is 0. The van der Waals surface area contributed by atoms with Crippen LogP contribution in [0.4, 0.5) is 4.39 Å². The van der Waals surface area contributed by atoms with Gasteiger partial charge in [-0.3, -0.25) is 4.90 Å². The number of nitrogens with zero attached hydrogens (tertiary/aromatic N) is 1. The van der Waals surface area contributed by atoms with Crippen LogP contribution in [0.3, 0.4) is 0 Å². The third-order valence-corrected chi connectivity index (χ3v) is 3.47. The molecule has 0 aromatic heterocycles. The topological polar surface area (TPSA) is 38.5 Å². The Hall–Kier alpha value is -1.13. The molecule has 1 aromatic rings. The van der Waals surface area contributed by atoms with Crippen LogP contribution in [0, 0.1) is 5.82 Å². The van der Waals surface area contributed by atoms with Gasteiger partial charge in [0, 0.05) is 30.3 Å². The van der Waals surface area contributed by atoms with Gasteiger partial charge in [0.25, 0.3) is 0 Å². The second-order valence-corrected chi connectivity index (χ2v) is 5.40. The van der Waals surface area contributed by atoms with Gasteiger partial charge in [0.1, 0.15) is 11.6 Å². The lowest BCUT2D eigenvalue weighted by atomic mass is 10.0. The van der Waals surface area contributed by atoms with Crippen LogP contribution >= 0.6 is 0 Å². The van der Waals surface area contributed by atoms with Crippen LogP contribution < -0.4 is 10.5 Å². The van der Waals surface area contributed by atoms with Crippen molar-refractivity contribution in [1.29, 1.82) is 0 Å². The van der Waals surface area contributed by atoms with Crippen molar-refractivity contribution in [3.8, 4) is 5.75 Å².